The monoisotopic (exact) mass is 258 g/mol. The fraction of sp³-hybridized carbons (Fsp3) is 0.375. The molecule has 1 aromatic heterocycles. The van der Waals surface area contributed by atoms with Gasteiger partial charge in [0.15, 0.2) is 0 Å². The summed E-state index contributed by atoms with van der Waals surface area (Å²) in [6, 6.07) is 13.0. The first-order chi connectivity index (χ1) is 9.20. The second-order valence-corrected chi connectivity index (χ2v) is 5.06. The summed E-state index contributed by atoms with van der Waals surface area (Å²) in [5.41, 5.74) is 8.20. The molecule has 102 valence electrons. The van der Waals surface area contributed by atoms with Crippen LogP contribution in [0.3, 0.4) is 0 Å². The number of furan rings is 1. The first-order valence-electron chi connectivity index (χ1n) is 6.74. The van der Waals surface area contributed by atoms with Gasteiger partial charge in [-0.25, -0.2) is 0 Å². The van der Waals surface area contributed by atoms with Crippen molar-refractivity contribution in [2.75, 3.05) is 0 Å². The molecule has 0 fully saturated rings. The van der Waals surface area contributed by atoms with Gasteiger partial charge in [0.25, 0.3) is 0 Å². The summed E-state index contributed by atoms with van der Waals surface area (Å²) in [6.07, 6.45) is 1.72. The van der Waals surface area contributed by atoms with Crippen molar-refractivity contribution in [3.8, 4) is 0 Å². The van der Waals surface area contributed by atoms with Crippen molar-refractivity contribution in [1.29, 1.82) is 0 Å². The van der Waals surface area contributed by atoms with Crippen molar-refractivity contribution >= 4 is 0 Å². The third-order valence-electron chi connectivity index (χ3n) is 3.36. The molecular weight excluding hydrogens is 236 g/mol. The first kappa shape index (κ1) is 13.8. The maximum Gasteiger partial charge on any atom is 0.121 e. The molecule has 0 aliphatic rings. The molecule has 1 heterocycles. The molecule has 0 radical (unpaired) electrons. The molecule has 2 rings (SSSR count). The van der Waals surface area contributed by atoms with Gasteiger partial charge in [0, 0.05) is 24.7 Å². The van der Waals surface area contributed by atoms with E-state index in [9.17, 15) is 0 Å². The van der Waals surface area contributed by atoms with E-state index >= 15 is 0 Å². The quantitative estimate of drug-likeness (QED) is 0.865. The van der Waals surface area contributed by atoms with Gasteiger partial charge in [-0.05, 0) is 25.5 Å². The van der Waals surface area contributed by atoms with E-state index in [0.29, 0.717) is 12.6 Å². The number of hydrogen-bond acceptors (Lipinski definition) is 3. The maximum absolute atomic E-state index is 5.69. The van der Waals surface area contributed by atoms with Crippen LogP contribution in [0.15, 0.2) is 47.1 Å². The summed E-state index contributed by atoms with van der Waals surface area (Å²) in [4.78, 5) is 2.42. The third kappa shape index (κ3) is 3.69. The van der Waals surface area contributed by atoms with Gasteiger partial charge in [-0.3, -0.25) is 4.90 Å². The molecule has 0 amide bonds. The van der Waals surface area contributed by atoms with Crippen LogP contribution in [0, 0.1) is 0 Å². The Bertz CT molecular complexity index is 490. The average Bonchev–Trinajstić information content (AvgIpc) is 2.86. The second-order valence-electron chi connectivity index (χ2n) is 5.06. The van der Waals surface area contributed by atoms with Gasteiger partial charge in [0.05, 0.1) is 12.8 Å². The molecular formula is C16H22N2O. The lowest BCUT2D eigenvalue weighted by atomic mass is 10.1. The lowest BCUT2D eigenvalue weighted by molar-refractivity contribution is 0.202. The molecule has 19 heavy (non-hydrogen) atoms. The fourth-order valence-corrected chi connectivity index (χ4v) is 2.14. The zero-order valence-corrected chi connectivity index (χ0v) is 11.7. The predicted molar refractivity (Wildman–Crippen MR) is 77.4 cm³/mol. The van der Waals surface area contributed by atoms with Crippen molar-refractivity contribution in [3.63, 3.8) is 0 Å². The number of hydrogen-bond donors (Lipinski definition) is 1. The molecule has 0 atom stereocenters. The van der Waals surface area contributed by atoms with E-state index in [2.05, 4.69) is 43.0 Å². The Labute approximate surface area is 115 Å². The Kier molecular flexibility index (Phi) is 4.77. The summed E-state index contributed by atoms with van der Waals surface area (Å²) < 4.78 is 5.39. The van der Waals surface area contributed by atoms with E-state index < -0.39 is 0 Å². The molecule has 0 saturated carbocycles. The summed E-state index contributed by atoms with van der Waals surface area (Å²) in [5.74, 6) is 0.888. The van der Waals surface area contributed by atoms with Crippen LogP contribution >= 0.6 is 0 Å². The van der Waals surface area contributed by atoms with E-state index in [1.807, 2.05) is 12.1 Å². The summed E-state index contributed by atoms with van der Waals surface area (Å²) in [7, 11) is 0. The van der Waals surface area contributed by atoms with E-state index in [4.69, 9.17) is 10.2 Å². The Morgan fingerprint density at radius 1 is 1.11 bits per heavy atom. The Balaban J connectivity index is 2.09. The minimum Gasteiger partial charge on any atom is -0.468 e. The molecule has 0 aliphatic carbocycles. The topological polar surface area (TPSA) is 42.4 Å². The van der Waals surface area contributed by atoms with Gasteiger partial charge in [0.2, 0.25) is 0 Å². The minimum absolute atomic E-state index is 0.458. The number of benzene rings is 1. The SMILES string of the molecule is CC(C)N(Cc1ccccc1)Cc1ccoc1CN. The molecule has 2 N–H and O–H groups in total. The minimum atomic E-state index is 0.458. The van der Waals surface area contributed by atoms with E-state index in [0.717, 1.165) is 18.8 Å². The maximum atomic E-state index is 5.69. The molecule has 0 saturated heterocycles. The average molecular weight is 258 g/mol. The van der Waals surface area contributed by atoms with E-state index in [1.165, 1.54) is 11.1 Å². The van der Waals surface area contributed by atoms with Crippen LogP contribution < -0.4 is 5.73 Å². The van der Waals surface area contributed by atoms with Crippen LogP contribution in [0.2, 0.25) is 0 Å². The molecule has 0 spiro atoms. The van der Waals surface area contributed by atoms with Crippen LogP contribution in [0.4, 0.5) is 0 Å². The molecule has 2 aromatic rings. The zero-order valence-electron chi connectivity index (χ0n) is 11.7. The standard InChI is InChI=1S/C16H22N2O/c1-13(2)18(11-14-6-4-3-5-7-14)12-15-8-9-19-16(15)10-17/h3-9,13H,10-12,17H2,1-2H3. The molecule has 3 nitrogen and oxygen atoms in total. The summed E-state index contributed by atoms with van der Waals surface area (Å²) in [5, 5.41) is 0. The highest BCUT2D eigenvalue weighted by atomic mass is 16.3. The highest BCUT2D eigenvalue weighted by Gasteiger charge is 2.14. The normalized spacial score (nSPS) is 11.4. The largest absolute Gasteiger partial charge is 0.468 e. The predicted octanol–water partition coefficient (Wildman–Crippen LogP) is 3.15. The number of rotatable bonds is 6. The second kappa shape index (κ2) is 6.55. The molecule has 1 aromatic carbocycles. The van der Waals surface area contributed by atoms with Crippen molar-refractivity contribution in [3.05, 3.63) is 59.5 Å². The van der Waals surface area contributed by atoms with Crippen LogP contribution in [-0.4, -0.2) is 10.9 Å². The Morgan fingerprint density at radius 3 is 2.47 bits per heavy atom. The highest BCUT2D eigenvalue weighted by molar-refractivity contribution is 5.18. The van der Waals surface area contributed by atoms with Crippen molar-refractivity contribution in [2.45, 2.75) is 39.5 Å². The van der Waals surface area contributed by atoms with Crippen LogP contribution in [0.1, 0.15) is 30.7 Å². The van der Waals surface area contributed by atoms with E-state index in [1.54, 1.807) is 6.26 Å². The molecule has 0 bridgehead atoms. The smallest absolute Gasteiger partial charge is 0.121 e. The Hall–Kier alpha value is -1.58. The van der Waals surface area contributed by atoms with Crippen LogP contribution in [-0.2, 0) is 19.6 Å². The lowest BCUT2D eigenvalue weighted by Crippen LogP contribution is -2.30. The Morgan fingerprint density at radius 2 is 1.84 bits per heavy atom. The number of nitrogens with two attached hydrogens (primary N) is 1. The van der Waals surface area contributed by atoms with Crippen molar-refractivity contribution < 1.29 is 4.42 Å². The van der Waals surface area contributed by atoms with Crippen molar-refractivity contribution in [1.82, 2.24) is 4.90 Å². The van der Waals surface area contributed by atoms with Crippen LogP contribution in [0.5, 0.6) is 0 Å². The number of nitrogens with zero attached hydrogens (tertiary/aromatic N) is 1. The van der Waals surface area contributed by atoms with Gasteiger partial charge < -0.3 is 10.2 Å². The first-order valence-corrected chi connectivity index (χ1v) is 6.74. The highest BCUT2D eigenvalue weighted by Crippen LogP contribution is 2.17. The van der Waals surface area contributed by atoms with Gasteiger partial charge in [-0.2, -0.15) is 0 Å². The lowest BCUT2D eigenvalue weighted by Gasteiger charge is -2.26. The molecule has 0 unspecified atom stereocenters. The van der Waals surface area contributed by atoms with Gasteiger partial charge in [-0.1, -0.05) is 30.3 Å². The molecule has 0 aliphatic heterocycles. The summed E-state index contributed by atoms with van der Waals surface area (Å²) >= 11 is 0. The summed E-state index contributed by atoms with van der Waals surface area (Å²) in [6.45, 7) is 6.69. The third-order valence-corrected chi connectivity index (χ3v) is 3.36. The fourth-order valence-electron chi connectivity index (χ4n) is 2.14. The van der Waals surface area contributed by atoms with Gasteiger partial charge in [-0.15, -0.1) is 0 Å². The van der Waals surface area contributed by atoms with Gasteiger partial charge in [0.1, 0.15) is 5.76 Å². The van der Waals surface area contributed by atoms with Gasteiger partial charge >= 0.3 is 0 Å². The van der Waals surface area contributed by atoms with Crippen LogP contribution in [0.25, 0.3) is 0 Å². The molecule has 3 heteroatoms. The zero-order chi connectivity index (χ0) is 13.7. The van der Waals surface area contributed by atoms with Crippen molar-refractivity contribution in [2.24, 2.45) is 5.73 Å². The van der Waals surface area contributed by atoms with E-state index in [-0.39, 0.29) is 0 Å².